The zero-order valence-electron chi connectivity index (χ0n) is 15.3. The number of thioether (sulfide) groups is 1. The van der Waals surface area contributed by atoms with E-state index >= 15 is 0 Å². The number of aromatic amines is 1. The van der Waals surface area contributed by atoms with Gasteiger partial charge in [-0.3, -0.25) is 19.2 Å². The summed E-state index contributed by atoms with van der Waals surface area (Å²) in [6.45, 7) is 3.22. The third kappa shape index (κ3) is 4.15. The second-order valence-electron chi connectivity index (χ2n) is 6.12. The molecule has 9 nitrogen and oxygen atoms in total. The number of hydrogen-bond acceptors (Lipinski definition) is 8. The van der Waals surface area contributed by atoms with Crippen LogP contribution in [-0.2, 0) is 4.79 Å². The van der Waals surface area contributed by atoms with Crippen LogP contribution in [0.1, 0.15) is 32.5 Å². The Bertz CT molecular complexity index is 1200. The molecule has 2 heterocycles. The number of anilines is 1. The fraction of sp³-hybridized carbons (Fsp3) is 0.167. The molecule has 0 aliphatic rings. The Balaban J connectivity index is 1.83. The number of aldehydes is 1. The quantitative estimate of drug-likeness (QED) is 0.201. The zero-order valence-corrected chi connectivity index (χ0v) is 16.9. The lowest BCUT2D eigenvalue weighted by Crippen LogP contribution is -2.23. The van der Waals surface area contributed by atoms with E-state index in [1.54, 1.807) is 13.8 Å². The van der Waals surface area contributed by atoms with Crippen molar-refractivity contribution in [3.63, 3.8) is 0 Å². The standard InChI is InChI=1S/C18H16N4O5S2/c1-7-12-16(27)21-18(22-17(12)29-13(7)14(19)25)28-8(2)15(26)20-10-5-9(6-23)3-4-11(10)24/h3-6,8,24H,1-2H3,(H2,19,25)(H,20,26)(H,21,22,27). The number of nitrogens with zero attached hydrogens (tertiary/aromatic N) is 1. The van der Waals surface area contributed by atoms with E-state index < -0.39 is 22.6 Å². The molecule has 150 valence electrons. The van der Waals surface area contributed by atoms with Crippen LogP contribution in [-0.4, -0.2) is 38.4 Å². The van der Waals surface area contributed by atoms with E-state index in [4.69, 9.17) is 5.73 Å². The van der Waals surface area contributed by atoms with Gasteiger partial charge in [-0.25, -0.2) is 4.98 Å². The van der Waals surface area contributed by atoms with Crippen molar-refractivity contribution in [3.8, 4) is 5.75 Å². The van der Waals surface area contributed by atoms with Gasteiger partial charge in [0.2, 0.25) is 5.91 Å². The molecule has 29 heavy (non-hydrogen) atoms. The highest BCUT2D eigenvalue weighted by Crippen LogP contribution is 2.30. The number of aromatic hydroxyl groups is 1. The van der Waals surface area contributed by atoms with Gasteiger partial charge in [-0.05, 0) is 37.6 Å². The minimum Gasteiger partial charge on any atom is -0.506 e. The van der Waals surface area contributed by atoms with Crippen molar-refractivity contribution in [2.45, 2.75) is 24.3 Å². The number of phenols is 1. The molecular weight excluding hydrogens is 416 g/mol. The number of nitrogens with two attached hydrogens (primary N) is 1. The van der Waals surface area contributed by atoms with Crippen molar-refractivity contribution in [1.82, 2.24) is 9.97 Å². The summed E-state index contributed by atoms with van der Waals surface area (Å²) in [6.07, 6.45) is 0.598. The first kappa shape index (κ1) is 20.6. The van der Waals surface area contributed by atoms with Gasteiger partial charge in [0.25, 0.3) is 11.5 Å². The molecular formula is C18H16N4O5S2. The van der Waals surface area contributed by atoms with Gasteiger partial charge in [0, 0.05) is 5.56 Å². The van der Waals surface area contributed by atoms with E-state index in [2.05, 4.69) is 15.3 Å². The average Bonchev–Trinajstić information content (AvgIpc) is 3.00. The lowest BCUT2D eigenvalue weighted by Gasteiger charge is -2.12. The number of phenolic OH excluding ortho intramolecular Hbond substituents is 1. The SMILES string of the molecule is Cc1c(C(N)=O)sc2nc(SC(C)C(=O)Nc3cc(C=O)ccc3O)[nH]c(=O)c12. The number of fused-ring (bicyclic) bond motifs is 1. The van der Waals surface area contributed by atoms with Crippen LogP contribution in [0, 0.1) is 6.92 Å². The van der Waals surface area contributed by atoms with E-state index in [-0.39, 0.29) is 21.5 Å². The van der Waals surface area contributed by atoms with Crippen molar-refractivity contribution >= 4 is 57.1 Å². The summed E-state index contributed by atoms with van der Waals surface area (Å²) in [6, 6.07) is 4.08. The number of H-pyrrole nitrogens is 1. The molecule has 0 aliphatic heterocycles. The van der Waals surface area contributed by atoms with E-state index in [0.717, 1.165) is 23.1 Å². The van der Waals surface area contributed by atoms with Crippen LogP contribution in [0.4, 0.5) is 5.69 Å². The monoisotopic (exact) mass is 432 g/mol. The van der Waals surface area contributed by atoms with E-state index in [1.807, 2.05) is 0 Å². The number of rotatable bonds is 6. The molecule has 3 rings (SSSR count). The van der Waals surface area contributed by atoms with E-state index in [9.17, 15) is 24.3 Å². The molecule has 0 aliphatic carbocycles. The van der Waals surface area contributed by atoms with Gasteiger partial charge >= 0.3 is 0 Å². The summed E-state index contributed by atoms with van der Waals surface area (Å²) in [5, 5.41) is 12.2. The van der Waals surface area contributed by atoms with Crippen LogP contribution in [0.3, 0.4) is 0 Å². The minimum atomic E-state index is -0.688. The summed E-state index contributed by atoms with van der Waals surface area (Å²) in [5.41, 5.74) is 5.77. The third-order valence-corrected chi connectivity index (χ3v) is 6.26. The molecule has 0 radical (unpaired) electrons. The van der Waals surface area contributed by atoms with Crippen molar-refractivity contribution in [3.05, 3.63) is 44.6 Å². The largest absolute Gasteiger partial charge is 0.506 e. The second kappa shape index (κ2) is 8.05. The molecule has 1 unspecified atom stereocenters. The Labute approximate surface area is 172 Å². The molecule has 2 amide bonds. The fourth-order valence-corrected chi connectivity index (χ4v) is 4.49. The van der Waals surface area contributed by atoms with E-state index in [0.29, 0.717) is 27.6 Å². The predicted octanol–water partition coefficient (Wildman–Crippen LogP) is 2.03. The second-order valence-corrected chi connectivity index (χ2v) is 8.44. The fourth-order valence-electron chi connectivity index (χ4n) is 2.60. The third-order valence-electron chi connectivity index (χ3n) is 4.07. The van der Waals surface area contributed by atoms with Gasteiger partial charge in [0.1, 0.15) is 16.9 Å². The molecule has 0 bridgehead atoms. The van der Waals surface area contributed by atoms with Crippen molar-refractivity contribution in [1.29, 1.82) is 0 Å². The Kier molecular flexibility index (Phi) is 5.71. The highest BCUT2D eigenvalue weighted by Gasteiger charge is 2.21. The maximum atomic E-state index is 12.5. The smallest absolute Gasteiger partial charge is 0.260 e. The topological polar surface area (TPSA) is 155 Å². The molecule has 0 spiro atoms. The van der Waals surface area contributed by atoms with Crippen LogP contribution in [0.25, 0.3) is 10.2 Å². The molecule has 0 saturated carbocycles. The van der Waals surface area contributed by atoms with Crippen LogP contribution in [0.2, 0.25) is 0 Å². The number of nitrogens with one attached hydrogen (secondary N) is 2. The Morgan fingerprint density at radius 2 is 2.14 bits per heavy atom. The number of carbonyl (C=O) groups is 3. The summed E-state index contributed by atoms with van der Waals surface area (Å²) < 4.78 is 0. The van der Waals surface area contributed by atoms with Crippen LogP contribution >= 0.6 is 23.1 Å². The highest BCUT2D eigenvalue weighted by molar-refractivity contribution is 8.00. The summed E-state index contributed by atoms with van der Waals surface area (Å²) >= 11 is 2.02. The first-order valence-electron chi connectivity index (χ1n) is 8.30. The van der Waals surface area contributed by atoms with Gasteiger partial charge in [-0.15, -0.1) is 11.3 Å². The Hall–Kier alpha value is -3.18. The number of carbonyl (C=O) groups excluding carboxylic acids is 3. The summed E-state index contributed by atoms with van der Waals surface area (Å²) in [4.78, 5) is 54.7. The molecule has 1 atom stereocenters. The summed E-state index contributed by atoms with van der Waals surface area (Å²) in [5.74, 6) is -1.28. The van der Waals surface area contributed by atoms with Gasteiger partial charge in [0.05, 0.1) is 21.2 Å². The van der Waals surface area contributed by atoms with Crippen LogP contribution < -0.4 is 16.6 Å². The maximum absolute atomic E-state index is 12.5. The Morgan fingerprint density at radius 1 is 1.41 bits per heavy atom. The van der Waals surface area contributed by atoms with Crippen molar-refractivity contribution in [2.75, 3.05) is 5.32 Å². The highest BCUT2D eigenvalue weighted by atomic mass is 32.2. The molecule has 5 N–H and O–H groups in total. The lowest BCUT2D eigenvalue weighted by molar-refractivity contribution is -0.115. The number of benzene rings is 1. The minimum absolute atomic E-state index is 0.101. The van der Waals surface area contributed by atoms with Crippen LogP contribution in [0.15, 0.2) is 28.2 Å². The van der Waals surface area contributed by atoms with Gasteiger partial charge in [0.15, 0.2) is 5.16 Å². The van der Waals surface area contributed by atoms with Gasteiger partial charge in [-0.2, -0.15) is 0 Å². The molecule has 2 aromatic heterocycles. The van der Waals surface area contributed by atoms with E-state index in [1.165, 1.54) is 18.2 Å². The predicted molar refractivity (Wildman–Crippen MR) is 111 cm³/mol. The van der Waals surface area contributed by atoms with Crippen LogP contribution in [0.5, 0.6) is 5.75 Å². The summed E-state index contributed by atoms with van der Waals surface area (Å²) in [7, 11) is 0. The molecule has 11 heteroatoms. The first-order chi connectivity index (χ1) is 13.7. The zero-order chi connectivity index (χ0) is 21.3. The molecule has 0 fully saturated rings. The van der Waals surface area contributed by atoms with Gasteiger partial charge in [-0.1, -0.05) is 11.8 Å². The number of primary amides is 1. The number of aromatic nitrogens is 2. The maximum Gasteiger partial charge on any atom is 0.260 e. The van der Waals surface area contributed by atoms with Gasteiger partial charge < -0.3 is 21.1 Å². The molecule has 1 aromatic carbocycles. The first-order valence-corrected chi connectivity index (χ1v) is 9.99. The van der Waals surface area contributed by atoms with Crippen molar-refractivity contribution < 1.29 is 19.5 Å². The normalized spacial score (nSPS) is 11.9. The van der Waals surface area contributed by atoms with Crippen molar-refractivity contribution in [2.24, 2.45) is 5.73 Å². The Morgan fingerprint density at radius 3 is 2.79 bits per heavy atom. The lowest BCUT2D eigenvalue weighted by atomic mass is 10.2. The number of amides is 2. The number of thiophene rings is 1. The molecule has 0 saturated heterocycles. The number of aryl methyl sites for hydroxylation is 1. The molecule has 3 aromatic rings. The number of hydrogen-bond donors (Lipinski definition) is 4. The average molecular weight is 432 g/mol.